The molecule has 4 rings (SSSR count). The van der Waals surface area contributed by atoms with E-state index in [1.807, 2.05) is 30.3 Å². The summed E-state index contributed by atoms with van der Waals surface area (Å²) in [6, 6.07) is 15.0. The molecule has 0 unspecified atom stereocenters. The van der Waals surface area contributed by atoms with Crippen LogP contribution < -0.4 is 9.47 Å². The highest BCUT2D eigenvalue weighted by atomic mass is 32.2. The summed E-state index contributed by atoms with van der Waals surface area (Å²) in [6.07, 6.45) is -0.295. The number of pyridine rings is 1. The van der Waals surface area contributed by atoms with Crippen LogP contribution in [0.25, 0.3) is 10.9 Å². The van der Waals surface area contributed by atoms with Crippen LogP contribution in [0.1, 0.15) is 6.92 Å². The first-order chi connectivity index (χ1) is 13.5. The van der Waals surface area contributed by atoms with Crippen LogP contribution in [0.2, 0.25) is 0 Å². The van der Waals surface area contributed by atoms with Crippen LogP contribution in [-0.4, -0.2) is 43.5 Å². The Balaban J connectivity index is 1.42. The van der Waals surface area contributed by atoms with E-state index in [4.69, 9.17) is 9.47 Å². The maximum Gasteiger partial charge on any atom is 0.243 e. The predicted molar refractivity (Wildman–Crippen MR) is 102 cm³/mol. The van der Waals surface area contributed by atoms with Crippen LogP contribution >= 0.6 is 0 Å². The van der Waals surface area contributed by atoms with Crippen LogP contribution in [0, 0.1) is 5.82 Å². The quantitative estimate of drug-likeness (QED) is 0.633. The second-order valence-corrected chi connectivity index (χ2v) is 8.37. The molecular weight excluding hydrogens is 383 g/mol. The van der Waals surface area contributed by atoms with Crippen LogP contribution in [0.3, 0.4) is 0 Å². The van der Waals surface area contributed by atoms with Gasteiger partial charge in [-0.3, -0.25) is 0 Å². The van der Waals surface area contributed by atoms with Gasteiger partial charge in [-0.15, -0.1) is 0 Å². The van der Waals surface area contributed by atoms with E-state index in [1.165, 1.54) is 16.4 Å². The molecule has 1 aromatic heterocycles. The van der Waals surface area contributed by atoms with Gasteiger partial charge < -0.3 is 9.47 Å². The molecule has 0 amide bonds. The lowest BCUT2D eigenvalue weighted by molar-refractivity contribution is 0.0724. The van der Waals surface area contributed by atoms with Gasteiger partial charge in [0, 0.05) is 11.5 Å². The van der Waals surface area contributed by atoms with Gasteiger partial charge >= 0.3 is 0 Å². The molecular formula is C20H19FN2O4S. The number of aromatic nitrogens is 1. The van der Waals surface area contributed by atoms with E-state index in [9.17, 15) is 12.8 Å². The molecule has 6 nitrogen and oxygen atoms in total. The number of para-hydroxylation sites is 1. The summed E-state index contributed by atoms with van der Waals surface area (Å²) in [5.74, 6) is -0.210. The normalized spacial score (nSPS) is 15.4. The highest BCUT2D eigenvalue weighted by Gasteiger charge is 2.38. The molecule has 0 saturated carbocycles. The summed E-state index contributed by atoms with van der Waals surface area (Å²) in [5.41, 5.74) is 0.814. The Morgan fingerprint density at radius 1 is 1.14 bits per heavy atom. The Bertz CT molecular complexity index is 1110. The number of halogens is 1. The van der Waals surface area contributed by atoms with Crippen LogP contribution in [0.4, 0.5) is 4.39 Å². The summed E-state index contributed by atoms with van der Waals surface area (Å²) in [5, 5.41) is 1.00. The zero-order valence-corrected chi connectivity index (χ0v) is 16.0. The Labute approximate surface area is 162 Å². The second kappa shape index (κ2) is 7.37. The maximum absolute atomic E-state index is 14.0. The molecule has 1 aliphatic heterocycles. The standard InChI is InChI=1S/C20H19FN2O4S/c1-2-26-19-9-8-16(11-17(19)21)28(24,25)23-12-15(13-23)27-20-10-7-14-5-3-4-6-18(14)22-20/h3-11,15H,2,12-13H2,1H3. The first-order valence-corrected chi connectivity index (χ1v) is 10.4. The smallest absolute Gasteiger partial charge is 0.243 e. The number of sulfonamides is 1. The monoisotopic (exact) mass is 402 g/mol. The number of fused-ring (bicyclic) bond motifs is 1. The predicted octanol–water partition coefficient (Wildman–Crippen LogP) is 3.22. The fourth-order valence-electron chi connectivity index (χ4n) is 3.02. The van der Waals surface area contributed by atoms with Crippen molar-refractivity contribution in [3.63, 3.8) is 0 Å². The molecule has 0 N–H and O–H groups in total. The molecule has 2 heterocycles. The van der Waals surface area contributed by atoms with Gasteiger partial charge in [-0.1, -0.05) is 18.2 Å². The van der Waals surface area contributed by atoms with Crippen LogP contribution in [0.15, 0.2) is 59.5 Å². The van der Waals surface area contributed by atoms with Crippen molar-refractivity contribution < 1.29 is 22.3 Å². The van der Waals surface area contributed by atoms with Crippen molar-refractivity contribution in [2.75, 3.05) is 19.7 Å². The highest BCUT2D eigenvalue weighted by molar-refractivity contribution is 7.89. The minimum absolute atomic E-state index is 0.0358. The topological polar surface area (TPSA) is 68.7 Å². The molecule has 0 spiro atoms. The SMILES string of the molecule is CCOc1ccc(S(=O)(=O)N2CC(Oc3ccc4ccccc4n3)C2)cc1F. The van der Waals surface area contributed by atoms with Gasteiger partial charge in [-0.25, -0.2) is 17.8 Å². The fraction of sp³-hybridized carbons (Fsp3) is 0.250. The van der Waals surface area contributed by atoms with Crippen molar-refractivity contribution in [3.05, 3.63) is 60.4 Å². The third-order valence-electron chi connectivity index (χ3n) is 4.52. The molecule has 1 saturated heterocycles. The average Bonchev–Trinajstić information content (AvgIpc) is 2.65. The lowest BCUT2D eigenvalue weighted by atomic mass is 10.2. The molecule has 0 radical (unpaired) electrons. The molecule has 1 aliphatic rings. The van der Waals surface area contributed by atoms with Crippen LogP contribution in [0.5, 0.6) is 11.6 Å². The largest absolute Gasteiger partial charge is 0.491 e. The molecule has 0 aliphatic carbocycles. The molecule has 8 heteroatoms. The van der Waals surface area contributed by atoms with Gasteiger partial charge in [0.1, 0.15) is 6.10 Å². The zero-order valence-electron chi connectivity index (χ0n) is 15.2. The second-order valence-electron chi connectivity index (χ2n) is 6.43. The summed E-state index contributed by atoms with van der Waals surface area (Å²) in [4.78, 5) is 4.33. The molecule has 2 aromatic carbocycles. The Hall–Kier alpha value is -2.71. The van der Waals surface area contributed by atoms with E-state index in [0.717, 1.165) is 17.0 Å². The number of hydrogen-bond acceptors (Lipinski definition) is 5. The van der Waals surface area contributed by atoms with Crippen molar-refractivity contribution in [1.82, 2.24) is 9.29 Å². The Kier molecular flexibility index (Phi) is 4.91. The van der Waals surface area contributed by atoms with Crippen molar-refractivity contribution >= 4 is 20.9 Å². The van der Waals surface area contributed by atoms with Gasteiger partial charge in [0.15, 0.2) is 11.6 Å². The summed E-state index contributed by atoms with van der Waals surface area (Å²) < 4.78 is 51.5. The number of nitrogens with zero attached hydrogens (tertiary/aromatic N) is 2. The number of ether oxygens (including phenoxy) is 2. The zero-order chi connectivity index (χ0) is 19.7. The van der Waals surface area contributed by atoms with E-state index in [2.05, 4.69) is 4.98 Å². The molecule has 3 aromatic rings. The van der Waals surface area contributed by atoms with E-state index in [1.54, 1.807) is 13.0 Å². The van der Waals surface area contributed by atoms with Crippen LogP contribution in [-0.2, 0) is 10.0 Å². The highest BCUT2D eigenvalue weighted by Crippen LogP contribution is 2.28. The number of rotatable bonds is 6. The van der Waals surface area contributed by atoms with Crippen molar-refractivity contribution in [2.24, 2.45) is 0 Å². The van der Waals surface area contributed by atoms with E-state index >= 15 is 0 Å². The summed E-state index contributed by atoms with van der Waals surface area (Å²) >= 11 is 0. The third kappa shape index (κ3) is 3.53. The lowest BCUT2D eigenvalue weighted by Crippen LogP contribution is -2.56. The van der Waals surface area contributed by atoms with Crippen molar-refractivity contribution in [3.8, 4) is 11.6 Å². The molecule has 146 valence electrons. The summed E-state index contributed by atoms with van der Waals surface area (Å²) in [7, 11) is -3.78. The van der Waals surface area contributed by atoms with Gasteiger partial charge in [0.2, 0.25) is 15.9 Å². The number of benzene rings is 2. The fourth-order valence-corrected chi connectivity index (χ4v) is 4.53. The molecule has 28 heavy (non-hydrogen) atoms. The van der Waals surface area contributed by atoms with E-state index < -0.39 is 15.8 Å². The Morgan fingerprint density at radius 2 is 1.93 bits per heavy atom. The third-order valence-corrected chi connectivity index (χ3v) is 6.34. The van der Waals surface area contributed by atoms with Gasteiger partial charge in [0.25, 0.3) is 0 Å². The van der Waals surface area contributed by atoms with Crippen molar-refractivity contribution in [2.45, 2.75) is 17.9 Å². The molecule has 1 fully saturated rings. The van der Waals surface area contributed by atoms with Gasteiger partial charge in [-0.05, 0) is 37.3 Å². The Morgan fingerprint density at radius 3 is 2.68 bits per heavy atom. The molecule has 0 atom stereocenters. The van der Waals surface area contributed by atoms with E-state index in [0.29, 0.717) is 12.5 Å². The maximum atomic E-state index is 14.0. The molecule has 0 bridgehead atoms. The minimum atomic E-state index is -3.78. The van der Waals surface area contributed by atoms with E-state index in [-0.39, 0.29) is 29.8 Å². The average molecular weight is 402 g/mol. The lowest BCUT2D eigenvalue weighted by Gasteiger charge is -2.37. The van der Waals surface area contributed by atoms with Gasteiger partial charge in [0.05, 0.1) is 30.1 Å². The summed E-state index contributed by atoms with van der Waals surface area (Å²) in [6.45, 7) is 2.41. The van der Waals surface area contributed by atoms with Gasteiger partial charge in [-0.2, -0.15) is 4.31 Å². The number of hydrogen-bond donors (Lipinski definition) is 0. The van der Waals surface area contributed by atoms with Crippen molar-refractivity contribution in [1.29, 1.82) is 0 Å². The minimum Gasteiger partial charge on any atom is -0.491 e. The first kappa shape index (κ1) is 18.6. The first-order valence-electron chi connectivity index (χ1n) is 8.92.